The maximum atomic E-state index is 12.4. The van der Waals surface area contributed by atoms with Crippen LogP contribution in [0.4, 0.5) is 5.69 Å². The van der Waals surface area contributed by atoms with Crippen molar-refractivity contribution in [2.45, 2.75) is 53.0 Å². The molecular weight excluding hydrogens is 380 g/mol. The Bertz CT molecular complexity index is 880. The molecule has 1 atom stereocenters. The fourth-order valence-electron chi connectivity index (χ4n) is 3.09. The van der Waals surface area contributed by atoms with Crippen molar-refractivity contribution < 1.29 is 19.1 Å². The minimum atomic E-state index is -0.698. The van der Waals surface area contributed by atoms with E-state index in [1.165, 1.54) is 0 Å². The first-order valence-corrected chi connectivity index (χ1v) is 10.4. The van der Waals surface area contributed by atoms with Crippen LogP contribution in [0.5, 0.6) is 11.5 Å². The quantitative estimate of drug-likeness (QED) is 0.462. The molecule has 0 radical (unpaired) electrons. The maximum absolute atomic E-state index is 12.4. The third-order valence-corrected chi connectivity index (χ3v) is 4.88. The summed E-state index contributed by atoms with van der Waals surface area (Å²) in [5.41, 5.74) is 3.44. The summed E-state index contributed by atoms with van der Waals surface area (Å²) in [5, 5.41) is 5.39. The number of benzene rings is 2. The number of rotatable bonds is 9. The van der Waals surface area contributed by atoms with Crippen LogP contribution in [0.1, 0.15) is 55.8 Å². The van der Waals surface area contributed by atoms with Crippen LogP contribution >= 0.6 is 0 Å². The zero-order chi connectivity index (χ0) is 22.1. The summed E-state index contributed by atoms with van der Waals surface area (Å²) >= 11 is 0. The molecule has 30 heavy (non-hydrogen) atoms. The van der Waals surface area contributed by atoms with Crippen molar-refractivity contribution in [3.8, 4) is 11.5 Å². The number of aryl methyl sites for hydroxylation is 2. The maximum Gasteiger partial charge on any atom is 0.313 e. The van der Waals surface area contributed by atoms with Crippen LogP contribution in [0.2, 0.25) is 0 Å². The molecular formula is C24H32N2O4. The van der Waals surface area contributed by atoms with Crippen molar-refractivity contribution in [1.29, 1.82) is 0 Å². The van der Waals surface area contributed by atoms with Gasteiger partial charge in [-0.2, -0.15) is 0 Å². The summed E-state index contributed by atoms with van der Waals surface area (Å²) in [6.45, 7) is 8.46. The molecule has 2 rings (SSSR count). The Morgan fingerprint density at radius 3 is 2.43 bits per heavy atom. The normalized spacial score (nSPS) is 11.5. The number of hydrogen-bond acceptors (Lipinski definition) is 4. The highest BCUT2D eigenvalue weighted by atomic mass is 16.5. The van der Waals surface area contributed by atoms with Crippen molar-refractivity contribution >= 4 is 17.5 Å². The molecule has 2 aromatic carbocycles. The van der Waals surface area contributed by atoms with Crippen molar-refractivity contribution in [2.24, 2.45) is 0 Å². The van der Waals surface area contributed by atoms with Gasteiger partial charge in [-0.1, -0.05) is 43.5 Å². The van der Waals surface area contributed by atoms with Gasteiger partial charge in [0.2, 0.25) is 0 Å². The SMILES string of the molecule is CCCCCOc1ccc(C(C)NC(=O)C(=O)Nc2ccc(C)cc2C)cc1OC. The highest BCUT2D eigenvalue weighted by molar-refractivity contribution is 6.39. The molecule has 1 unspecified atom stereocenters. The average molecular weight is 413 g/mol. The number of methoxy groups -OCH3 is 1. The monoisotopic (exact) mass is 412 g/mol. The molecule has 2 N–H and O–H groups in total. The molecule has 0 saturated carbocycles. The Labute approximate surface area is 179 Å². The zero-order valence-electron chi connectivity index (χ0n) is 18.5. The van der Waals surface area contributed by atoms with E-state index in [9.17, 15) is 9.59 Å². The lowest BCUT2D eigenvalue weighted by atomic mass is 10.1. The van der Waals surface area contributed by atoms with Crippen LogP contribution in [0.25, 0.3) is 0 Å². The second-order valence-corrected chi connectivity index (χ2v) is 7.43. The standard InChI is InChI=1S/C24H32N2O4/c1-6-7-8-13-30-21-12-10-19(15-22(21)29-5)18(4)25-23(27)24(28)26-20-11-9-16(2)14-17(20)3/h9-12,14-15,18H,6-8,13H2,1-5H3,(H,25,27)(H,26,28). The summed E-state index contributed by atoms with van der Waals surface area (Å²) in [6.07, 6.45) is 3.24. The van der Waals surface area contributed by atoms with E-state index in [1.54, 1.807) is 13.2 Å². The van der Waals surface area contributed by atoms with Gasteiger partial charge >= 0.3 is 11.8 Å². The second kappa shape index (κ2) is 11.2. The van der Waals surface area contributed by atoms with E-state index in [2.05, 4.69) is 17.6 Å². The largest absolute Gasteiger partial charge is 0.493 e. The Morgan fingerprint density at radius 1 is 1.00 bits per heavy atom. The molecule has 0 heterocycles. The van der Waals surface area contributed by atoms with Crippen LogP contribution in [0.3, 0.4) is 0 Å². The zero-order valence-corrected chi connectivity index (χ0v) is 18.5. The van der Waals surface area contributed by atoms with E-state index in [1.807, 2.05) is 51.1 Å². The van der Waals surface area contributed by atoms with Crippen LogP contribution in [0, 0.1) is 13.8 Å². The first-order valence-electron chi connectivity index (χ1n) is 10.4. The minimum absolute atomic E-state index is 0.370. The van der Waals surface area contributed by atoms with E-state index in [0.717, 1.165) is 36.0 Å². The Morgan fingerprint density at radius 2 is 1.77 bits per heavy atom. The van der Waals surface area contributed by atoms with Crippen molar-refractivity contribution in [2.75, 3.05) is 19.0 Å². The molecule has 6 heteroatoms. The first-order chi connectivity index (χ1) is 14.3. The number of nitrogens with one attached hydrogen (secondary N) is 2. The lowest BCUT2D eigenvalue weighted by Gasteiger charge is -2.17. The van der Waals surface area contributed by atoms with Gasteiger partial charge in [-0.3, -0.25) is 9.59 Å². The number of anilines is 1. The van der Waals surface area contributed by atoms with Gasteiger partial charge in [0.1, 0.15) is 0 Å². The molecule has 0 saturated heterocycles. The van der Waals surface area contributed by atoms with Gasteiger partial charge in [0, 0.05) is 5.69 Å². The molecule has 162 valence electrons. The number of unbranched alkanes of at least 4 members (excludes halogenated alkanes) is 2. The van der Waals surface area contributed by atoms with Crippen molar-refractivity contribution in [3.63, 3.8) is 0 Å². The van der Waals surface area contributed by atoms with Crippen LogP contribution < -0.4 is 20.1 Å². The van der Waals surface area contributed by atoms with Gasteiger partial charge in [0.15, 0.2) is 11.5 Å². The summed E-state index contributed by atoms with van der Waals surface area (Å²) in [5.74, 6) is -0.119. The van der Waals surface area contributed by atoms with Crippen molar-refractivity contribution in [1.82, 2.24) is 5.32 Å². The number of hydrogen-bond donors (Lipinski definition) is 2. The number of carbonyl (C=O) groups excluding carboxylic acids is 2. The lowest BCUT2D eigenvalue weighted by molar-refractivity contribution is -0.136. The van der Waals surface area contributed by atoms with E-state index >= 15 is 0 Å². The van der Waals surface area contributed by atoms with E-state index in [0.29, 0.717) is 23.8 Å². The van der Waals surface area contributed by atoms with Gasteiger partial charge in [-0.15, -0.1) is 0 Å². The van der Waals surface area contributed by atoms with E-state index < -0.39 is 11.8 Å². The molecule has 6 nitrogen and oxygen atoms in total. The van der Waals surface area contributed by atoms with Crippen molar-refractivity contribution in [3.05, 3.63) is 53.1 Å². The van der Waals surface area contributed by atoms with Crippen LogP contribution in [0.15, 0.2) is 36.4 Å². The number of carbonyl (C=O) groups is 2. The molecule has 2 amide bonds. The van der Waals surface area contributed by atoms with Gasteiger partial charge in [-0.25, -0.2) is 0 Å². The molecule has 0 aliphatic rings. The first kappa shape index (κ1) is 23.3. The minimum Gasteiger partial charge on any atom is -0.493 e. The summed E-state index contributed by atoms with van der Waals surface area (Å²) < 4.78 is 11.2. The third-order valence-electron chi connectivity index (χ3n) is 4.88. The highest BCUT2D eigenvalue weighted by Crippen LogP contribution is 2.30. The predicted octanol–water partition coefficient (Wildman–Crippen LogP) is 4.70. The Balaban J connectivity index is 1.99. The van der Waals surface area contributed by atoms with E-state index in [4.69, 9.17) is 9.47 Å². The van der Waals surface area contributed by atoms with Crippen LogP contribution in [-0.4, -0.2) is 25.5 Å². The third kappa shape index (κ3) is 6.51. The van der Waals surface area contributed by atoms with Gasteiger partial charge in [0.25, 0.3) is 0 Å². The molecule has 2 aromatic rings. The Hall–Kier alpha value is -3.02. The number of ether oxygens (including phenoxy) is 2. The molecule has 0 aromatic heterocycles. The van der Waals surface area contributed by atoms with E-state index in [-0.39, 0.29) is 6.04 Å². The topological polar surface area (TPSA) is 76.7 Å². The lowest BCUT2D eigenvalue weighted by Crippen LogP contribution is -2.37. The highest BCUT2D eigenvalue weighted by Gasteiger charge is 2.19. The second-order valence-electron chi connectivity index (χ2n) is 7.43. The molecule has 0 fully saturated rings. The molecule has 0 bridgehead atoms. The fraction of sp³-hybridized carbons (Fsp3) is 0.417. The van der Waals surface area contributed by atoms with Crippen LogP contribution in [-0.2, 0) is 9.59 Å². The average Bonchev–Trinajstić information content (AvgIpc) is 2.73. The fourth-order valence-corrected chi connectivity index (χ4v) is 3.09. The number of amides is 2. The van der Waals surface area contributed by atoms with Gasteiger partial charge < -0.3 is 20.1 Å². The predicted molar refractivity (Wildman–Crippen MR) is 119 cm³/mol. The van der Waals surface area contributed by atoms with Gasteiger partial charge in [0.05, 0.1) is 19.8 Å². The Kier molecular flexibility index (Phi) is 8.71. The summed E-state index contributed by atoms with van der Waals surface area (Å²) in [6, 6.07) is 10.8. The molecule has 0 spiro atoms. The van der Waals surface area contributed by atoms with Gasteiger partial charge in [-0.05, 0) is 56.5 Å². The molecule has 0 aliphatic carbocycles. The smallest absolute Gasteiger partial charge is 0.313 e. The summed E-state index contributed by atoms with van der Waals surface area (Å²) in [4.78, 5) is 24.7. The molecule has 0 aliphatic heterocycles. The summed E-state index contributed by atoms with van der Waals surface area (Å²) in [7, 11) is 1.58.